The van der Waals surface area contributed by atoms with Crippen LogP contribution in [0, 0.1) is 0 Å². The number of alkyl halides is 3. The minimum absolute atomic E-state index is 0.0131. The van der Waals surface area contributed by atoms with Gasteiger partial charge in [0.1, 0.15) is 12.0 Å². The molecule has 0 radical (unpaired) electrons. The van der Waals surface area contributed by atoms with Gasteiger partial charge in [-0.05, 0) is 37.0 Å². The molecule has 3 rings (SSSR count). The average Bonchev–Trinajstić information content (AvgIpc) is 3.04. The van der Waals surface area contributed by atoms with Crippen LogP contribution in [0.2, 0.25) is 0 Å². The van der Waals surface area contributed by atoms with E-state index >= 15 is 0 Å². The number of benzene rings is 1. The molecule has 1 atom stereocenters. The molecule has 1 saturated heterocycles. The van der Waals surface area contributed by atoms with Crippen LogP contribution >= 0.6 is 15.9 Å². The Morgan fingerprint density at radius 2 is 2.21 bits per heavy atom. The number of halogens is 3. The molecule has 1 aromatic carbocycles. The van der Waals surface area contributed by atoms with Gasteiger partial charge < -0.3 is 9.47 Å². The summed E-state index contributed by atoms with van der Waals surface area (Å²) >= 11 is 3.32. The van der Waals surface area contributed by atoms with Gasteiger partial charge >= 0.3 is 6.61 Å². The van der Waals surface area contributed by atoms with E-state index in [2.05, 4.69) is 25.8 Å². The van der Waals surface area contributed by atoms with Crippen molar-refractivity contribution in [1.29, 1.82) is 0 Å². The quantitative estimate of drug-likeness (QED) is 0.661. The lowest BCUT2D eigenvalue weighted by Crippen LogP contribution is -2.21. The highest BCUT2D eigenvalue weighted by Gasteiger charge is 2.19. The lowest BCUT2D eigenvalue weighted by atomic mass is 10.1. The molecular formula is C17H19BrF2N2O2. The first-order valence-corrected chi connectivity index (χ1v) is 9.06. The third kappa shape index (κ3) is 4.13. The van der Waals surface area contributed by atoms with Crippen molar-refractivity contribution < 1.29 is 18.3 Å². The summed E-state index contributed by atoms with van der Waals surface area (Å²) in [5, 5.41) is 4.85. The van der Waals surface area contributed by atoms with Gasteiger partial charge in [-0.2, -0.15) is 13.9 Å². The zero-order chi connectivity index (χ0) is 16.9. The summed E-state index contributed by atoms with van der Waals surface area (Å²) in [5.74, 6) is 0.203. The second-order valence-corrected chi connectivity index (χ2v) is 6.28. The van der Waals surface area contributed by atoms with E-state index in [1.54, 1.807) is 12.3 Å². The molecule has 0 spiro atoms. The predicted molar refractivity (Wildman–Crippen MR) is 89.6 cm³/mol. The third-order valence-corrected chi connectivity index (χ3v) is 4.65. The largest absolute Gasteiger partial charge is 0.435 e. The highest BCUT2D eigenvalue weighted by Crippen LogP contribution is 2.27. The van der Waals surface area contributed by atoms with Crippen LogP contribution in [0.3, 0.4) is 0 Å². The van der Waals surface area contributed by atoms with E-state index < -0.39 is 6.61 Å². The Balaban J connectivity index is 1.78. The summed E-state index contributed by atoms with van der Waals surface area (Å²) in [5.41, 5.74) is 2.77. The molecule has 7 heteroatoms. The van der Waals surface area contributed by atoms with Crippen molar-refractivity contribution in [3.8, 4) is 5.75 Å². The Hall–Kier alpha value is -1.47. The van der Waals surface area contributed by atoms with Gasteiger partial charge in [-0.1, -0.05) is 28.1 Å². The van der Waals surface area contributed by atoms with Crippen LogP contribution in [0.4, 0.5) is 8.78 Å². The van der Waals surface area contributed by atoms with Gasteiger partial charge in [0.2, 0.25) is 0 Å². The molecule has 0 N–H and O–H groups in total. The molecule has 1 unspecified atom stereocenters. The smallest absolute Gasteiger partial charge is 0.387 e. The molecule has 0 amide bonds. The Morgan fingerprint density at radius 3 is 2.92 bits per heavy atom. The fourth-order valence-electron chi connectivity index (χ4n) is 2.92. The fourth-order valence-corrected chi connectivity index (χ4v) is 3.36. The molecule has 2 aromatic rings. The Kier molecular flexibility index (Phi) is 5.84. The van der Waals surface area contributed by atoms with Crippen LogP contribution in [0.15, 0.2) is 30.5 Å². The number of rotatable bonds is 6. The standard InChI is InChI=1S/C17H19BrF2N2O2/c18-11-13-9-12(4-5-15(13)24-17(19)20)10-14-6-7-21-22(14)16-3-1-2-8-23-16/h4-7,9,16-17H,1-3,8,10-11H2. The van der Waals surface area contributed by atoms with Gasteiger partial charge in [-0.25, -0.2) is 4.68 Å². The van der Waals surface area contributed by atoms with E-state index in [0.717, 1.165) is 37.1 Å². The number of hydrogen-bond donors (Lipinski definition) is 0. The minimum atomic E-state index is -2.82. The van der Waals surface area contributed by atoms with E-state index in [-0.39, 0.29) is 12.0 Å². The molecule has 130 valence electrons. The lowest BCUT2D eigenvalue weighted by Gasteiger charge is -2.24. The van der Waals surface area contributed by atoms with Gasteiger partial charge in [0.25, 0.3) is 0 Å². The summed E-state index contributed by atoms with van der Waals surface area (Å²) in [6.07, 6.45) is 5.61. The van der Waals surface area contributed by atoms with Crippen molar-refractivity contribution in [3.63, 3.8) is 0 Å². The highest BCUT2D eigenvalue weighted by molar-refractivity contribution is 9.08. The first-order valence-electron chi connectivity index (χ1n) is 7.94. The average molecular weight is 401 g/mol. The maximum absolute atomic E-state index is 12.4. The molecule has 1 aliphatic rings. The number of hydrogen-bond acceptors (Lipinski definition) is 3. The van der Waals surface area contributed by atoms with E-state index in [9.17, 15) is 8.78 Å². The lowest BCUT2D eigenvalue weighted by molar-refractivity contribution is -0.0503. The number of nitrogens with zero attached hydrogens (tertiary/aromatic N) is 2. The van der Waals surface area contributed by atoms with Gasteiger partial charge in [0, 0.05) is 35.8 Å². The van der Waals surface area contributed by atoms with Gasteiger partial charge in [-0.15, -0.1) is 0 Å². The number of aromatic nitrogens is 2. The molecule has 0 aliphatic carbocycles. The second-order valence-electron chi connectivity index (χ2n) is 5.72. The monoisotopic (exact) mass is 400 g/mol. The second kappa shape index (κ2) is 8.07. The van der Waals surface area contributed by atoms with Crippen molar-refractivity contribution in [2.45, 2.75) is 43.9 Å². The maximum Gasteiger partial charge on any atom is 0.387 e. The first-order chi connectivity index (χ1) is 11.7. The maximum atomic E-state index is 12.4. The summed E-state index contributed by atoms with van der Waals surface area (Å²) in [7, 11) is 0. The van der Waals surface area contributed by atoms with Crippen molar-refractivity contribution in [1.82, 2.24) is 9.78 Å². The zero-order valence-corrected chi connectivity index (χ0v) is 14.7. The Labute approximate surface area is 147 Å². The van der Waals surface area contributed by atoms with E-state index in [1.165, 1.54) is 0 Å². The topological polar surface area (TPSA) is 36.3 Å². The molecule has 0 saturated carbocycles. The van der Waals surface area contributed by atoms with E-state index in [4.69, 9.17) is 4.74 Å². The molecule has 1 fully saturated rings. The van der Waals surface area contributed by atoms with Crippen LogP contribution in [-0.4, -0.2) is 23.0 Å². The highest BCUT2D eigenvalue weighted by atomic mass is 79.9. The van der Waals surface area contributed by atoms with Crippen molar-refractivity contribution >= 4 is 15.9 Å². The minimum Gasteiger partial charge on any atom is -0.435 e. The number of ether oxygens (including phenoxy) is 2. The fraction of sp³-hybridized carbons (Fsp3) is 0.471. The molecule has 1 aromatic heterocycles. The van der Waals surface area contributed by atoms with E-state index in [0.29, 0.717) is 17.3 Å². The summed E-state index contributed by atoms with van der Waals surface area (Å²) in [4.78, 5) is 0. The predicted octanol–water partition coefficient (Wildman–Crippen LogP) is 4.67. The molecule has 2 heterocycles. The Morgan fingerprint density at radius 1 is 1.33 bits per heavy atom. The van der Waals surface area contributed by atoms with Gasteiger partial charge in [0.05, 0.1) is 0 Å². The molecule has 24 heavy (non-hydrogen) atoms. The normalized spacial score (nSPS) is 18.1. The van der Waals surface area contributed by atoms with Crippen LogP contribution < -0.4 is 4.74 Å². The molecule has 1 aliphatic heterocycles. The third-order valence-electron chi connectivity index (χ3n) is 4.05. The van der Waals surface area contributed by atoms with Crippen LogP contribution in [0.1, 0.15) is 42.3 Å². The van der Waals surface area contributed by atoms with Crippen molar-refractivity contribution in [3.05, 3.63) is 47.3 Å². The van der Waals surface area contributed by atoms with Crippen LogP contribution in [-0.2, 0) is 16.5 Å². The van der Waals surface area contributed by atoms with Crippen molar-refractivity contribution in [2.75, 3.05) is 6.61 Å². The van der Waals surface area contributed by atoms with Gasteiger partial charge in [0.15, 0.2) is 0 Å². The molecule has 4 nitrogen and oxygen atoms in total. The first kappa shape index (κ1) is 17.4. The summed E-state index contributed by atoms with van der Waals surface area (Å²) in [6.45, 7) is -2.06. The van der Waals surface area contributed by atoms with Crippen molar-refractivity contribution in [2.24, 2.45) is 0 Å². The molecular weight excluding hydrogens is 382 g/mol. The Bertz CT molecular complexity index is 672. The van der Waals surface area contributed by atoms with Crippen LogP contribution in [0.25, 0.3) is 0 Å². The zero-order valence-electron chi connectivity index (χ0n) is 13.1. The molecule has 0 bridgehead atoms. The SMILES string of the molecule is FC(F)Oc1ccc(Cc2ccnn2C2CCCCO2)cc1CBr. The van der Waals surface area contributed by atoms with Gasteiger partial charge in [-0.3, -0.25) is 0 Å². The summed E-state index contributed by atoms with van der Waals surface area (Å²) < 4.78 is 37.1. The summed E-state index contributed by atoms with van der Waals surface area (Å²) in [6, 6.07) is 7.25. The van der Waals surface area contributed by atoms with Crippen LogP contribution in [0.5, 0.6) is 5.75 Å². The van der Waals surface area contributed by atoms with E-state index in [1.807, 2.05) is 22.9 Å².